The molecule has 1 saturated heterocycles. The summed E-state index contributed by atoms with van der Waals surface area (Å²) < 4.78 is 0. The lowest BCUT2D eigenvalue weighted by Crippen LogP contribution is -2.30. The van der Waals surface area contributed by atoms with Crippen LogP contribution in [-0.2, 0) is 6.54 Å². The molecule has 1 fully saturated rings. The normalized spacial score (nSPS) is 22.3. The topological polar surface area (TPSA) is 15.3 Å². The van der Waals surface area contributed by atoms with Crippen LogP contribution in [0.2, 0.25) is 0 Å². The Labute approximate surface area is 96.3 Å². The summed E-state index contributed by atoms with van der Waals surface area (Å²) in [7, 11) is 0. The maximum Gasteiger partial charge on any atom is 0.0300 e. The van der Waals surface area contributed by atoms with Crippen LogP contribution < -0.4 is 5.32 Å². The Hall–Kier alpha value is -0.380. The third-order valence-corrected chi connectivity index (χ3v) is 3.87. The van der Waals surface area contributed by atoms with Gasteiger partial charge in [-0.1, -0.05) is 13.0 Å². The van der Waals surface area contributed by atoms with Crippen molar-refractivity contribution in [3.63, 3.8) is 0 Å². The van der Waals surface area contributed by atoms with E-state index in [1.165, 1.54) is 30.9 Å². The minimum atomic E-state index is 0.905. The molecular formula is C12H20N2S. The van der Waals surface area contributed by atoms with Gasteiger partial charge in [0.05, 0.1) is 0 Å². The molecule has 1 unspecified atom stereocenters. The number of nitrogens with one attached hydrogen (secondary N) is 1. The molecule has 0 amide bonds. The number of nitrogens with zero attached hydrogens (tertiary/aromatic N) is 1. The summed E-state index contributed by atoms with van der Waals surface area (Å²) in [6, 6.07) is 4.30. The molecule has 15 heavy (non-hydrogen) atoms. The molecule has 0 spiro atoms. The maximum absolute atomic E-state index is 3.50. The van der Waals surface area contributed by atoms with Crippen molar-refractivity contribution < 1.29 is 0 Å². The van der Waals surface area contributed by atoms with Crippen LogP contribution in [0.15, 0.2) is 17.5 Å². The Kier molecular flexibility index (Phi) is 4.18. The largest absolute Gasteiger partial charge is 0.311 e. The van der Waals surface area contributed by atoms with Crippen LogP contribution in [0, 0.1) is 5.92 Å². The first kappa shape index (κ1) is 11.1. The molecule has 0 aromatic carbocycles. The number of likely N-dealkylation sites (tertiary alicyclic amines) is 1. The quantitative estimate of drug-likeness (QED) is 0.771. The van der Waals surface area contributed by atoms with Crippen molar-refractivity contribution in [2.45, 2.75) is 19.9 Å². The Balaban J connectivity index is 1.55. The molecule has 0 saturated carbocycles. The van der Waals surface area contributed by atoms with Gasteiger partial charge in [0.2, 0.25) is 0 Å². The van der Waals surface area contributed by atoms with E-state index in [0.717, 1.165) is 19.0 Å². The first-order chi connectivity index (χ1) is 7.34. The van der Waals surface area contributed by atoms with E-state index in [9.17, 15) is 0 Å². The van der Waals surface area contributed by atoms with Gasteiger partial charge in [0.25, 0.3) is 0 Å². The lowest BCUT2D eigenvalue weighted by Gasteiger charge is -2.15. The van der Waals surface area contributed by atoms with Crippen molar-refractivity contribution in [1.29, 1.82) is 0 Å². The molecule has 2 rings (SSSR count). The molecule has 0 aliphatic carbocycles. The predicted molar refractivity (Wildman–Crippen MR) is 66.2 cm³/mol. The molecular weight excluding hydrogens is 204 g/mol. The van der Waals surface area contributed by atoms with Crippen LogP contribution >= 0.6 is 11.3 Å². The molecule has 0 radical (unpaired) electrons. The summed E-state index contributed by atoms with van der Waals surface area (Å²) in [5, 5.41) is 5.64. The van der Waals surface area contributed by atoms with Crippen LogP contribution in [0.25, 0.3) is 0 Å². The lowest BCUT2D eigenvalue weighted by atomic mass is 10.2. The van der Waals surface area contributed by atoms with Crippen molar-refractivity contribution in [3.05, 3.63) is 22.4 Å². The first-order valence-corrected chi connectivity index (χ1v) is 6.68. The molecule has 84 valence electrons. The van der Waals surface area contributed by atoms with E-state index in [1.807, 2.05) is 11.3 Å². The summed E-state index contributed by atoms with van der Waals surface area (Å²) in [5.41, 5.74) is 0. The van der Waals surface area contributed by atoms with E-state index in [1.54, 1.807) is 0 Å². The Morgan fingerprint density at radius 1 is 1.60 bits per heavy atom. The summed E-state index contributed by atoms with van der Waals surface area (Å²) in [4.78, 5) is 4.00. The highest BCUT2D eigenvalue weighted by molar-refractivity contribution is 7.09. The van der Waals surface area contributed by atoms with Crippen molar-refractivity contribution >= 4 is 11.3 Å². The van der Waals surface area contributed by atoms with E-state index in [2.05, 4.69) is 34.7 Å². The molecule has 3 heteroatoms. The highest BCUT2D eigenvalue weighted by Gasteiger charge is 2.17. The predicted octanol–water partition coefficient (Wildman–Crippen LogP) is 2.18. The van der Waals surface area contributed by atoms with Crippen LogP contribution in [0.3, 0.4) is 0 Å². The van der Waals surface area contributed by atoms with Crippen molar-refractivity contribution in [1.82, 2.24) is 10.2 Å². The molecule has 2 heterocycles. The van der Waals surface area contributed by atoms with Gasteiger partial charge in [-0.05, 0) is 30.3 Å². The van der Waals surface area contributed by atoms with Gasteiger partial charge in [-0.3, -0.25) is 0 Å². The standard InChI is InChI=1S/C12H20N2S/c1-11-4-6-14(10-11)7-5-13-9-12-3-2-8-15-12/h2-3,8,11,13H,4-7,9-10H2,1H3. The van der Waals surface area contributed by atoms with Gasteiger partial charge >= 0.3 is 0 Å². The smallest absolute Gasteiger partial charge is 0.0300 e. The number of hydrogen-bond donors (Lipinski definition) is 1. The summed E-state index contributed by atoms with van der Waals surface area (Å²) >= 11 is 1.83. The zero-order valence-electron chi connectivity index (χ0n) is 9.41. The fourth-order valence-electron chi connectivity index (χ4n) is 2.09. The first-order valence-electron chi connectivity index (χ1n) is 5.80. The lowest BCUT2D eigenvalue weighted by molar-refractivity contribution is 0.325. The Morgan fingerprint density at radius 3 is 3.20 bits per heavy atom. The maximum atomic E-state index is 3.50. The fourth-order valence-corrected chi connectivity index (χ4v) is 2.77. The highest BCUT2D eigenvalue weighted by Crippen LogP contribution is 2.13. The second-order valence-electron chi connectivity index (χ2n) is 4.45. The van der Waals surface area contributed by atoms with Crippen LogP contribution in [-0.4, -0.2) is 31.1 Å². The average Bonchev–Trinajstić information content (AvgIpc) is 2.84. The molecule has 1 N–H and O–H groups in total. The van der Waals surface area contributed by atoms with Gasteiger partial charge in [-0.25, -0.2) is 0 Å². The van der Waals surface area contributed by atoms with E-state index in [0.29, 0.717) is 0 Å². The van der Waals surface area contributed by atoms with E-state index in [4.69, 9.17) is 0 Å². The van der Waals surface area contributed by atoms with E-state index < -0.39 is 0 Å². The van der Waals surface area contributed by atoms with Crippen molar-refractivity contribution in [3.8, 4) is 0 Å². The summed E-state index contributed by atoms with van der Waals surface area (Å²) in [5.74, 6) is 0.905. The molecule has 1 atom stereocenters. The van der Waals surface area contributed by atoms with Gasteiger partial charge in [0, 0.05) is 31.1 Å². The van der Waals surface area contributed by atoms with E-state index in [-0.39, 0.29) is 0 Å². The second-order valence-corrected chi connectivity index (χ2v) is 5.48. The van der Waals surface area contributed by atoms with Crippen LogP contribution in [0.1, 0.15) is 18.2 Å². The monoisotopic (exact) mass is 224 g/mol. The molecule has 0 bridgehead atoms. The zero-order valence-corrected chi connectivity index (χ0v) is 10.2. The highest BCUT2D eigenvalue weighted by atomic mass is 32.1. The molecule has 1 aliphatic rings. The second kappa shape index (κ2) is 5.64. The number of thiophene rings is 1. The number of rotatable bonds is 5. The minimum absolute atomic E-state index is 0.905. The Morgan fingerprint density at radius 2 is 2.53 bits per heavy atom. The fraction of sp³-hybridized carbons (Fsp3) is 0.667. The van der Waals surface area contributed by atoms with Gasteiger partial charge in [0.1, 0.15) is 0 Å². The summed E-state index contributed by atoms with van der Waals surface area (Å²) in [6.07, 6.45) is 1.38. The minimum Gasteiger partial charge on any atom is -0.311 e. The number of hydrogen-bond acceptors (Lipinski definition) is 3. The summed E-state index contributed by atoms with van der Waals surface area (Å²) in [6.45, 7) is 8.28. The van der Waals surface area contributed by atoms with Gasteiger partial charge in [-0.2, -0.15) is 0 Å². The molecule has 2 nitrogen and oxygen atoms in total. The van der Waals surface area contributed by atoms with Crippen molar-refractivity contribution in [2.24, 2.45) is 5.92 Å². The zero-order chi connectivity index (χ0) is 10.5. The SMILES string of the molecule is CC1CCN(CCNCc2cccs2)C1. The van der Waals surface area contributed by atoms with Crippen LogP contribution in [0.5, 0.6) is 0 Å². The van der Waals surface area contributed by atoms with Gasteiger partial charge in [0.15, 0.2) is 0 Å². The van der Waals surface area contributed by atoms with Crippen molar-refractivity contribution in [2.75, 3.05) is 26.2 Å². The average molecular weight is 224 g/mol. The van der Waals surface area contributed by atoms with E-state index >= 15 is 0 Å². The molecule has 1 aromatic heterocycles. The third kappa shape index (κ3) is 3.59. The van der Waals surface area contributed by atoms with Gasteiger partial charge in [-0.15, -0.1) is 11.3 Å². The molecule has 1 aromatic rings. The molecule has 1 aliphatic heterocycles. The Bertz CT molecular complexity index is 271. The third-order valence-electron chi connectivity index (χ3n) is 2.99. The van der Waals surface area contributed by atoms with Crippen LogP contribution in [0.4, 0.5) is 0 Å². The van der Waals surface area contributed by atoms with Gasteiger partial charge < -0.3 is 10.2 Å².